The lowest BCUT2D eigenvalue weighted by Crippen LogP contribution is -2.65. The van der Waals surface area contributed by atoms with Crippen LogP contribution in [0.5, 0.6) is 0 Å². The lowest BCUT2D eigenvalue weighted by atomic mass is 9.60. The molecule has 1 aromatic carbocycles. The van der Waals surface area contributed by atoms with E-state index in [0.717, 1.165) is 36.1 Å². The van der Waals surface area contributed by atoms with Crippen molar-refractivity contribution in [3.8, 4) is 11.1 Å². The number of benzene rings is 1. The third-order valence-electron chi connectivity index (χ3n) is 6.29. The average molecular weight is 343 g/mol. The molecule has 1 aliphatic carbocycles. The van der Waals surface area contributed by atoms with Gasteiger partial charge in [0.25, 0.3) is 0 Å². The molecule has 1 aliphatic heterocycles. The molecule has 4 heteroatoms. The van der Waals surface area contributed by atoms with Crippen LogP contribution in [0.25, 0.3) is 11.1 Å². The van der Waals surface area contributed by atoms with E-state index >= 15 is 0 Å². The summed E-state index contributed by atoms with van der Waals surface area (Å²) in [4.78, 5) is 4.19. The van der Waals surface area contributed by atoms with E-state index in [-0.39, 0.29) is 11.0 Å². The first-order chi connectivity index (χ1) is 11.3. The van der Waals surface area contributed by atoms with Gasteiger partial charge < -0.3 is 10.4 Å². The van der Waals surface area contributed by atoms with E-state index in [2.05, 4.69) is 49.3 Å². The first kappa shape index (κ1) is 15.9. The van der Waals surface area contributed by atoms with E-state index in [0.29, 0.717) is 5.15 Å². The summed E-state index contributed by atoms with van der Waals surface area (Å²) in [5.74, 6) is 0. The standard InChI is InChI=1S/C20H23ClN2O/c1-18(2)20(24)10-5-9-19(20,3)15-12-13(7-8-16(15)23-18)14-6-4-11-22-17(14)21/h4,6-8,11-12,23-24H,5,9-10H2,1-3H3. The molecule has 2 aromatic rings. The second-order valence-corrected chi connectivity index (χ2v) is 8.26. The molecule has 2 N–H and O–H groups in total. The zero-order chi connectivity index (χ0) is 17.2. The van der Waals surface area contributed by atoms with Crippen LogP contribution in [-0.2, 0) is 5.41 Å². The van der Waals surface area contributed by atoms with Gasteiger partial charge in [0.15, 0.2) is 0 Å². The number of nitrogens with zero attached hydrogens (tertiary/aromatic N) is 1. The smallest absolute Gasteiger partial charge is 0.136 e. The number of fused-ring (bicyclic) bond motifs is 3. The van der Waals surface area contributed by atoms with Crippen LogP contribution in [0.1, 0.15) is 45.6 Å². The second kappa shape index (κ2) is 4.96. The van der Waals surface area contributed by atoms with Crippen LogP contribution in [-0.4, -0.2) is 21.2 Å². The fourth-order valence-corrected chi connectivity index (χ4v) is 5.09. The molecule has 126 valence electrons. The second-order valence-electron chi connectivity index (χ2n) is 7.90. The van der Waals surface area contributed by atoms with Crippen LogP contribution in [0.15, 0.2) is 36.5 Å². The summed E-state index contributed by atoms with van der Waals surface area (Å²) in [5.41, 5.74) is 2.88. The van der Waals surface area contributed by atoms with Gasteiger partial charge in [-0.1, -0.05) is 24.6 Å². The quantitative estimate of drug-likeness (QED) is 0.733. The lowest BCUT2D eigenvalue weighted by Gasteiger charge is -2.55. The molecule has 0 bridgehead atoms. The number of pyridine rings is 1. The molecular formula is C20H23ClN2O. The molecular weight excluding hydrogens is 320 g/mol. The van der Waals surface area contributed by atoms with Crippen LogP contribution in [0.3, 0.4) is 0 Å². The summed E-state index contributed by atoms with van der Waals surface area (Å²) in [6, 6.07) is 10.2. The summed E-state index contributed by atoms with van der Waals surface area (Å²) in [6.45, 7) is 6.41. The normalized spacial score (nSPS) is 30.4. The minimum absolute atomic E-state index is 0.262. The molecule has 0 saturated heterocycles. The van der Waals surface area contributed by atoms with Crippen molar-refractivity contribution in [3.05, 3.63) is 47.2 Å². The number of hydrogen-bond donors (Lipinski definition) is 2. The zero-order valence-corrected chi connectivity index (χ0v) is 15.1. The molecule has 4 rings (SSSR count). The average Bonchev–Trinajstić information content (AvgIpc) is 2.86. The first-order valence-corrected chi connectivity index (χ1v) is 8.92. The summed E-state index contributed by atoms with van der Waals surface area (Å²) in [6.07, 6.45) is 4.55. The third kappa shape index (κ3) is 1.91. The number of nitrogens with one attached hydrogen (secondary N) is 1. The Balaban J connectivity index is 1.92. The first-order valence-electron chi connectivity index (χ1n) is 8.54. The van der Waals surface area contributed by atoms with E-state index in [1.54, 1.807) is 6.20 Å². The van der Waals surface area contributed by atoms with E-state index in [4.69, 9.17) is 11.6 Å². The highest BCUT2D eigenvalue weighted by atomic mass is 35.5. The fraction of sp³-hybridized carbons (Fsp3) is 0.450. The van der Waals surface area contributed by atoms with Crippen molar-refractivity contribution in [2.24, 2.45) is 0 Å². The van der Waals surface area contributed by atoms with E-state index in [1.807, 2.05) is 12.1 Å². The Morgan fingerprint density at radius 2 is 1.96 bits per heavy atom. The van der Waals surface area contributed by atoms with Crippen molar-refractivity contribution in [2.75, 3.05) is 5.32 Å². The van der Waals surface area contributed by atoms with Gasteiger partial charge in [0.2, 0.25) is 0 Å². The van der Waals surface area contributed by atoms with Crippen LogP contribution >= 0.6 is 11.6 Å². The Hall–Kier alpha value is -1.58. The maximum absolute atomic E-state index is 11.6. The van der Waals surface area contributed by atoms with Crippen molar-refractivity contribution < 1.29 is 5.11 Å². The summed E-state index contributed by atoms with van der Waals surface area (Å²) >= 11 is 6.28. The van der Waals surface area contributed by atoms with Crippen molar-refractivity contribution in [1.29, 1.82) is 0 Å². The molecule has 2 aliphatic rings. The number of aliphatic hydroxyl groups is 1. The Bertz CT molecular complexity index is 819. The van der Waals surface area contributed by atoms with E-state index in [1.165, 1.54) is 5.56 Å². The predicted molar refractivity (Wildman–Crippen MR) is 98.5 cm³/mol. The van der Waals surface area contributed by atoms with Crippen LogP contribution < -0.4 is 5.32 Å². The third-order valence-corrected chi connectivity index (χ3v) is 6.59. The molecule has 2 heterocycles. The molecule has 0 amide bonds. The molecule has 3 nitrogen and oxygen atoms in total. The van der Waals surface area contributed by atoms with Gasteiger partial charge in [0.1, 0.15) is 5.15 Å². The lowest BCUT2D eigenvalue weighted by molar-refractivity contribution is -0.0628. The highest BCUT2D eigenvalue weighted by Gasteiger charge is 2.62. The van der Waals surface area contributed by atoms with Gasteiger partial charge in [-0.25, -0.2) is 4.98 Å². The van der Waals surface area contributed by atoms with Gasteiger partial charge in [-0.3, -0.25) is 0 Å². The zero-order valence-electron chi connectivity index (χ0n) is 14.4. The van der Waals surface area contributed by atoms with Crippen molar-refractivity contribution in [3.63, 3.8) is 0 Å². The van der Waals surface area contributed by atoms with Crippen LogP contribution in [0, 0.1) is 0 Å². The molecule has 0 spiro atoms. The van der Waals surface area contributed by atoms with E-state index in [9.17, 15) is 5.11 Å². The largest absolute Gasteiger partial charge is 0.387 e. The summed E-state index contributed by atoms with van der Waals surface area (Å²) < 4.78 is 0. The van der Waals surface area contributed by atoms with Crippen molar-refractivity contribution in [1.82, 2.24) is 4.98 Å². The Kier molecular flexibility index (Phi) is 3.29. The Labute approximate surface area is 148 Å². The predicted octanol–water partition coefficient (Wildman–Crippen LogP) is 4.78. The minimum atomic E-state index is -0.760. The molecule has 0 radical (unpaired) electrons. The highest BCUT2D eigenvalue weighted by molar-refractivity contribution is 6.32. The Morgan fingerprint density at radius 1 is 1.17 bits per heavy atom. The van der Waals surface area contributed by atoms with Gasteiger partial charge in [-0.2, -0.15) is 0 Å². The van der Waals surface area contributed by atoms with Crippen LogP contribution in [0.2, 0.25) is 5.15 Å². The molecule has 2 unspecified atom stereocenters. The maximum Gasteiger partial charge on any atom is 0.136 e. The number of anilines is 1. The van der Waals surface area contributed by atoms with Gasteiger partial charge in [0.05, 0.1) is 11.1 Å². The van der Waals surface area contributed by atoms with Gasteiger partial charge in [0, 0.05) is 22.9 Å². The van der Waals surface area contributed by atoms with Gasteiger partial charge in [-0.15, -0.1) is 0 Å². The highest BCUT2D eigenvalue weighted by Crippen LogP contribution is 2.58. The van der Waals surface area contributed by atoms with Crippen molar-refractivity contribution in [2.45, 2.75) is 56.6 Å². The van der Waals surface area contributed by atoms with Gasteiger partial charge >= 0.3 is 0 Å². The maximum atomic E-state index is 11.6. The molecule has 24 heavy (non-hydrogen) atoms. The van der Waals surface area contributed by atoms with Crippen LogP contribution in [0.4, 0.5) is 5.69 Å². The number of hydrogen-bond acceptors (Lipinski definition) is 3. The summed E-state index contributed by atoms with van der Waals surface area (Å²) in [7, 11) is 0. The Morgan fingerprint density at radius 3 is 2.71 bits per heavy atom. The molecule has 2 atom stereocenters. The molecule has 1 aromatic heterocycles. The van der Waals surface area contributed by atoms with Crippen molar-refractivity contribution >= 4 is 17.3 Å². The fourth-order valence-electron chi connectivity index (χ4n) is 4.86. The minimum Gasteiger partial charge on any atom is -0.387 e. The van der Waals surface area contributed by atoms with Gasteiger partial charge in [-0.05, 0) is 68.5 Å². The molecule has 1 saturated carbocycles. The van der Waals surface area contributed by atoms with E-state index < -0.39 is 5.60 Å². The summed E-state index contributed by atoms with van der Waals surface area (Å²) in [5, 5.41) is 15.6. The molecule has 1 fully saturated rings. The number of rotatable bonds is 1. The monoisotopic (exact) mass is 342 g/mol. The topological polar surface area (TPSA) is 45.2 Å². The number of aromatic nitrogens is 1. The number of halogens is 1. The SMILES string of the molecule is CC1(C)Nc2ccc(-c3cccnc3Cl)cc2C2(C)CCCC12O.